The fourth-order valence-corrected chi connectivity index (χ4v) is 2.03. The van der Waals surface area contributed by atoms with E-state index in [1.165, 1.54) is 12.1 Å². The third-order valence-electron chi connectivity index (χ3n) is 3.27. The molecule has 2 aromatic heterocycles. The van der Waals surface area contributed by atoms with E-state index in [1.807, 2.05) is 0 Å². The Morgan fingerprint density at radius 1 is 1.16 bits per heavy atom. The summed E-state index contributed by atoms with van der Waals surface area (Å²) >= 11 is 0. The normalized spacial score (nSPS) is 10.5. The van der Waals surface area contributed by atoms with Crippen molar-refractivity contribution in [2.24, 2.45) is 0 Å². The predicted molar refractivity (Wildman–Crippen MR) is 82.6 cm³/mol. The van der Waals surface area contributed by atoms with Gasteiger partial charge in [0.15, 0.2) is 28.8 Å². The number of hydrogen-bond donors (Lipinski definition) is 1. The number of para-hydroxylation sites is 1. The SMILES string of the molecule is O=C(NCc1ccncc1)c1cc(COc2c(F)cccc2F)on1. The summed E-state index contributed by atoms with van der Waals surface area (Å²) in [6.45, 7) is 0.0446. The largest absolute Gasteiger partial charge is 0.479 e. The molecule has 1 amide bonds. The summed E-state index contributed by atoms with van der Waals surface area (Å²) in [4.78, 5) is 15.9. The van der Waals surface area contributed by atoms with E-state index >= 15 is 0 Å². The number of halogens is 2. The van der Waals surface area contributed by atoms with Gasteiger partial charge in [-0.15, -0.1) is 0 Å². The zero-order valence-corrected chi connectivity index (χ0v) is 12.9. The summed E-state index contributed by atoms with van der Waals surface area (Å²) in [5.41, 5.74) is 0.923. The van der Waals surface area contributed by atoms with Crippen molar-refractivity contribution in [1.82, 2.24) is 15.5 Å². The molecule has 0 unspecified atom stereocenters. The number of nitrogens with one attached hydrogen (secondary N) is 1. The smallest absolute Gasteiger partial charge is 0.273 e. The number of amides is 1. The molecule has 3 aromatic rings. The van der Waals surface area contributed by atoms with Gasteiger partial charge in [0, 0.05) is 25.0 Å². The first-order chi connectivity index (χ1) is 12.1. The average molecular weight is 345 g/mol. The van der Waals surface area contributed by atoms with Crippen molar-refractivity contribution in [1.29, 1.82) is 0 Å². The molecule has 25 heavy (non-hydrogen) atoms. The summed E-state index contributed by atoms with van der Waals surface area (Å²) in [5, 5.41) is 6.29. The minimum Gasteiger partial charge on any atom is -0.479 e. The fourth-order valence-electron chi connectivity index (χ4n) is 2.03. The molecule has 0 spiro atoms. The molecule has 1 N–H and O–H groups in total. The van der Waals surface area contributed by atoms with Gasteiger partial charge in [-0.2, -0.15) is 0 Å². The maximum absolute atomic E-state index is 13.5. The van der Waals surface area contributed by atoms with Crippen LogP contribution in [-0.4, -0.2) is 16.0 Å². The molecule has 0 saturated heterocycles. The second kappa shape index (κ2) is 7.52. The minimum absolute atomic E-state index is 0.0432. The quantitative estimate of drug-likeness (QED) is 0.743. The molecular weight excluding hydrogens is 332 g/mol. The lowest BCUT2D eigenvalue weighted by molar-refractivity contribution is 0.0941. The van der Waals surface area contributed by atoms with Crippen LogP contribution < -0.4 is 10.1 Å². The van der Waals surface area contributed by atoms with Crippen LogP contribution in [0.15, 0.2) is 53.3 Å². The monoisotopic (exact) mass is 345 g/mol. The molecule has 0 radical (unpaired) electrons. The number of rotatable bonds is 6. The Kier molecular flexibility index (Phi) is 4.98. The Balaban J connectivity index is 1.57. The van der Waals surface area contributed by atoms with Crippen molar-refractivity contribution < 1.29 is 22.8 Å². The highest BCUT2D eigenvalue weighted by atomic mass is 19.1. The number of aromatic nitrogens is 2. The van der Waals surface area contributed by atoms with Crippen LogP contribution in [0.4, 0.5) is 8.78 Å². The number of ether oxygens (including phenoxy) is 1. The average Bonchev–Trinajstić information content (AvgIpc) is 3.09. The Morgan fingerprint density at radius 3 is 2.60 bits per heavy atom. The predicted octanol–water partition coefficient (Wildman–Crippen LogP) is 2.86. The van der Waals surface area contributed by atoms with Crippen LogP contribution in [-0.2, 0) is 13.2 Å². The number of pyridine rings is 1. The van der Waals surface area contributed by atoms with Crippen LogP contribution in [0, 0.1) is 11.6 Å². The lowest BCUT2D eigenvalue weighted by Crippen LogP contribution is -2.23. The second-order valence-corrected chi connectivity index (χ2v) is 5.06. The van der Waals surface area contributed by atoms with E-state index in [2.05, 4.69) is 15.5 Å². The highest BCUT2D eigenvalue weighted by Crippen LogP contribution is 2.22. The maximum atomic E-state index is 13.5. The van der Waals surface area contributed by atoms with E-state index < -0.39 is 23.3 Å². The van der Waals surface area contributed by atoms with Crippen molar-refractivity contribution in [3.8, 4) is 5.75 Å². The minimum atomic E-state index is -0.824. The van der Waals surface area contributed by atoms with Crippen LogP contribution in [0.1, 0.15) is 21.8 Å². The zero-order chi connectivity index (χ0) is 17.6. The summed E-state index contributed by atoms with van der Waals surface area (Å²) < 4.78 is 36.9. The number of hydrogen-bond acceptors (Lipinski definition) is 5. The first-order valence-corrected chi connectivity index (χ1v) is 7.33. The van der Waals surface area contributed by atoms with E-state index in [4.69, 9.17) is 9.26 Å². The standard InChI is InChI=1S/C17H13F2N3O3/c18-13-2-1-3-14(19)16(13)24-10-12-8-15(22-25-12)17(23)21-9-11-4-6-20-7-5-11/h1-8H,9-10H2,(H,21,23). The number of nitrogens with zero attached hydrogens (tertiary/aromatic N) is 2. The third-order valence-corrected chi connectivity index (χ3v) is 3.27. The summed E-state index contributed by atoms with van der Waals surface area (Å²) in [7, 11) is 0. The van der Waals surface area contributed by atoms with Gasteiger partial charge in [0.05, 0.1) is 0 Å². The van der Waals surface area contributed by atoms with Gasteiger partial charge >= 0.3 is 0 Å². The fraction of sp³-hybridized carbons (Fsp3) is 0.118. The van der Waals surface area contributed by atoms with Crippen molar-refractivity contribution >= 4 is 5.91 Å². The Hall–Kier alpha value is -3.29. The molecule has 0 aliphatic heterocycles. The maximum Gasteiger partial charge on any atom is 0.273 e. The highest BCUT2D eigenvalue weighted by Gasteiger charge is 2.15. The molecule has 0 fully saturated rings. The van der Waals surface area contributed by atoms with Crippen molar-refractivity contribution in [3.05, 3.63) is 77.4 Å². The van der Waals surface area contributed by atoms with Gasteiger partial charge in [0.2, 0.25) is 0 Å². The van der Waals surface area contributed by atoms with E-state index in [0.29, 0.717) is 6.54 Å². The van der Waals surface area contributed by atoms with Crippen molar-refractivity contribution in [2.45, 2.75) is 13.2 Å². The van der Waals surface area contributed by atoms with Crippen LogP contribution in [0.5, 0.6) is 5.75 Å². The zero-order valence-electron chi connectivity index (χ0n) is 12.9. The molecule has 0 bridgehead atoms. The summed E-state index contributed by atoms with van der Waals surface area (Å²) in [5.74, 6) is -2.44. The number of benzene rings is 1. The second-order valence-electron chi connectivity index (χ2n) is 5.06. The lowest BCUT2D eigenvalue weighted by Gasteiger charge is -2.05. The molecule has 0 atom stereocenters. The van der Waals surface area contributed by atoms with Gasteiger partial charge in [0.1, 0.15) is 6.61 Å². The lowest BCUT2D eigenvalue weighted by atomic mass is 10.2. The van der Waals surface area contributed by atoms with E-state index in [-0.39, 0.29) is 18.1 Å². The van der Waals surface area contributed by atoms with Gasteiger partial charge in [0.25, 0.3) is 5.91 Å². The van der Waals surface area contributed by atoms with Crippen LogP contribution in [0.2, 0.25) is 0 Å². The Morgan fingerprint density at radius 2 is 1.88 bits per heavy atom. The van der Waals surface area contributed by atoms with Gasteiger partial charge in [-0.1, -0.05) is 11.2 Å². The molecule has 0 saturated carbocycles. The van der Waals surface area contributed by atoms with Crippen LogP contribution in [0.25, 0.3) is 0 Å². The Labute approximate surface area is 141 Å². The first kappa shape index (κ1) is 16.6. The molecule has 3 rings (SSSR count). The summed E-state index contributed by atoms with van der Waals surface area (Å²) in [6, 6.07) is 8.28. The van der Waals surface area contributed by atoms with E-state index in [0.717, 1.165) is 17.7 Å². The van der Waals surface area contributed by atoms with Crippen molar-refractivity contribution in [2.75, 3.05) is 0 Å². The molecule has 0 aliphatic rings. The third kappa shape index (κ3) is 4.17. The van der Waals surface area contributed by atoms with E-state index in [9.17, 15) is 13.6 Å². The topological polar surface area (TPSA) is 77.2 Å². The van der Waals surface area contributed by atoms with Crippen LogP contribution in [0.3, 0.4) is 0 Å². The van der Waals surface area contributed by atoms with Crippen LogP contribution >= 0.6 is 0 Å². The molecular formula is C17H13F2N3O3. The molecule has 6 nitrogen and oxygen atoms in total. The summed E-state index contributed by atoms with van der Waals surface area (Å²) in [6.07, 6.45) is 3.24. The van der Waals surface area contributed by atoms with Crippen molar-refractivity contribution in [3.63, 3.8) is 0 Å². The molecule has 2 heterocycles. The van der Waals surface area contributed by atoms with Gasteiger partial charge in [-0.3, -0.25) is 9.78 Å². The first-order valence-electron chi connectivity index (χ1n) is 7.33. The molecule has 128 valence electrons. The molecule has 1 aromatic carbocycles. The highest BCUT2D eigenvalue weighted by molar-refractivity contribution is 5.92. The van der Waals surface area contributed by atoms with Gasteiger partial charge < -0.3 is 14.6 Å². The Bertz CT molecular complexity index is 848. The molecule has 8 heteroatoms. The van der Waals surface area contributed by atoms with Gasteiger partial charge in [-0.05, 0) is 29.8 Å². The number of carbonyl (C=O) groups excluding carboxylic acids is 1. The van der Waals surface area contributed by atoms with Gasteiger partial charge in [-0.25, -0.2) is 8.78 Å². The molecule has 0 aliphatic carbocycles. The number of carbonyl (C=O) groups is 1. The van der Waals surface area contributed by atoms with E-state index in [1.54, 1.807) is 24.5 Å².